The molecule has 46 heavy (non-hydrogen) atoms. The first kappa shape index (κ1) is 32.9. The van der Waals surface area contributed by atoms with Crippen molar-refractivity contribution in [1.82, 2.24) is 29.7 Å². The molecule has 1 saturated carbocycles. The summed E-state index contributed by atoms with van der Waals surface area (Å²) in [5.74, 6) is -1.69. The molecule has 2 aromatic heterocycles. The lowest BCUT2D eigenvalue weighted by atomic mass is 9.82. The Morgan fingerprint density at radius 2 is 1.80 bits per heavy atom. The number of aliphatic carboxylic acids is 1. The van der Waals surface area contributed by atoms with Crippen LogP contribution in [-0.2, 0) is 37.0 Å². The zero-order chi connectivity index (χ0) is 32.8. The van der Waals surface area contributed by atoms with E-state index in [-0.39, 0.29) is 73.3 Å². The van der Waals surface area contributed by atoms with E-state index in [1.807, 2.05) is 24.3 Å². The van der Waals surface area contributed by atoms with Crippen LogP contribution in [0.4, 0.5) is 5.82 Å². The number of imidazole rings is 1. The molecule has 5 rings (SSSR count). The molecule has 16 heteroatoms. The van der Waals surface area contributed by atoms with Crippen LogP contribution >= 0.6 is 11.8 Å². The first-order valence-electron chi connectivity index (χ1n) is 15.0. The number of aromatic nitrogens is 4. The van der Waals surface area contributed by atoms with Gasteiger partial charge in [0, 0.05) is 26.6 Å². The van der Waals surface area contributed by atoms with Crippen molar-refractivity contribution >= 4 is 52.4 Å². The lowest BCUT2D eigenvalue weighted by Crippen LogP contribution is -2.37. The van der Waals surface area contributed by atoms with Gasteiger partial charge in [-0.3, -0.25) is 28.6 Å². The summed E-state index contributed by atoms with van der Waals surface area (Å²) < 4.78 is 11.9. The molecule has 2 aliphatic rings. The monoisotopic (exact) mass is 655 g/mol. The van der Waals surface area contributed by atoms with Crippen molar-refractivity contribution in [3.8, 4) is 6.01 Å². The number of likely N-dealkylation sites (tertiary alicyclic amines) is 1. The number of ether oxygens (including phenoxy) is 2. The number of imide groups is 1. The second-order valence-corrected chi connectivity index (χ2v) is 12.6. The number of fused-ring (bicyclic) bond motifs is 1. The van der Waals surface area contributed by atoms with Crippen molar-refractivity contribution in [3.63, 3.8) is 0 Å². The van der Waals surface area contributed by atoms with Gasteiger partial charge in [-0.15, -0.1) is 11.8 Å². The minimum Gasteiger partial charge on any atom is -0.481 e. The molecule has 1 saturated heterocycles. The van der Waals surface area contributed by atoms with Gasteiger partial charge in [0.15, 0.2) is 11.5 Å². The third-order valence-corrected chi connectivity index (χ3v) is 9.46. The molecule has 1 aromatic carbocycles. The Bertz CT molecular complexity index is 1650. The van der Waals surface area contributed by atoms with E-state index in [4.69, 9.17) is 15.2 Å². The number of carboxylic acids is 1. The van der Waals surface area contributed by atoms with Gasteiger partial charge >= 0.3 is 17.7 Å². The van der Waals surface area contributed by atoms with Crippen molar-refractivity contribution in [2.45, 2.75) is 50.4 Å². The minimum atomic E-state index is -0.792. The largest absolute Gasteiger partial charge is 0.481 e. The summed E-state index contributed by atoms with van der Waals surface area (Å²) in [6.07, 6.45) is 2.51. The van der Waals surface area contributed by atoms with Crippen LogP contribution in [-0.4, -0.2) is 91.1 Å². The predicted molar refractivity (Wildman–Crippen MR) is 168 cm³/mol. The Kier molecular flexibility index (Phi) is 10.6. The summed E-state index contributed by atoms with van der Waals surface area (Å²) >= 11 is 1.15. The number of carbonyl (C=O) groups is 4. The summed E-state index contributed by atoms with van der Waals surface area (Å²) in [5.41, 5.74) is 7.89. The Morgan fingerprint density at radius 1 is 1.09 bits per heavy atom. The molecule has 15 nitrogen and oxygen atoms in total. The molecule has 246 valence electrons. The SMILES string of the molecule is COCCOc1nc(N)c2[nH]c(=O)n(Cc3ccc(CNC(=O)CSC4CC(=O)N(CC5CCC(C(=O)O)CC5)C4=O)cc3)c2n1. The van der Waals surface area contributed by atoms with Crippen LogP contribution in [0.2, 0.25) is 0 Å². The van der Waals surface area contributed by atoms with Crippen LogP contribution < -0.4 is 21.5 Å². The Morgan fingerprint density at radius 3 is 2.50 bits per heavy atom. The second-order valence-electron chi connectivity index (χ2n) is 11.4. The van der Waals surface area contributed by atoms with E-state index < -0.39 is 16.9 Å². The average Bonchev–Trinajstić information content (AvgIpc) is 3.50. The Hall–Kier alpha value is -4.44. The smallest absolute Gasteiger partial charge is 0.328 e. The molecule has 5 N–H and O–H groups in total. The van der Waals surface area contributed by atoms with E-state index in [1.54, 1.807) is 7.11 Å². The number of hydrogen-bond acceptors (Lipinski definition) is 11. The van der Waals surface area contributed by atoms with Crippen molar-refractivity contribution in [3.05, 3.63) is 45.9 Å². The van der Waals surface area contributed by atoms with Gasteiger partial charge < -0.3 is 30.6 Å². The minimum absolute atomic E-state index is 0.0327. The molecule has 1 atom stereocenters. The Labute approximate surface area is 268 Å². The molecular formula is C30H37N7O8S. The van der Waals surface area contributed by atoms with E-state index in [0.29, 0.717) is 50.0 Å². The zero-order valence-electron chi connectivity index (χ0n) is 25.4. The van der Waals surface area contributed by atoms with Gasteiger partial charge in [0.1, 0.15) is 12.1 Å². The number of rotatable bonds is 14. The van der Waals surface area contributed by atoms with E-state index >= 15 is 0 Å². The number of hydrogen-bond donors (Lipinski definition) is 4. The molecule has 0 spiro atoms. The predicted octanol–water partition coefficient (Wildman–Crippen LogP) is 1.14. The number of nitrogens with zero attached hydrogens (tertiary/aromatic N) is 4. The lowest BCUT2D eigenvalue weighted by molar-refractivity contribution is -0.144. The molecule has 3 heterocycles. The highest BCUT2D eigenvalue weighted by atomic mass is 32.2. The number of nitrogens with two attached hydrogens (primary N) is 1. The topological polar surface area (TPSA) is 212 Å². The van der Waals surface area contributed by atoms with Crippen LogP contribution in [0.25, 0.3) is 11.2 Å². The maximum Gasteiger partial charge on any atom is 0.328 e. The average molecular weight is 656 g/mol. The van der Waals surface area contributed by atoms with Crippen molar-refractivity contribution in [2.75, 3.05) is 38.4 Å². The fraction of sp³-hybridized carbons (Fsp3) is 0.500. The molecule has 3 amide bonds. The first-order valence-corrected chi connectivity index (χ1v) is 16.1. The second kappa shape index (κ2) is 14.8. The molecule has 1 aliphatic carbocycles. The van der Waals surface area contributed by atoms with Gasteiger partial charge in [-0.1, -0.05) is 24.3 Å². The number of aromatic amines is 1. The van der Waals surface area contributed by atoms with Gasteiger partial charge in [0.25, 0.3) is 0 Å². The van der Waals surface area contributed by atoms with Crippen molar-refractivity contribution < 1.29 is 33.8 Å². The third-order valence-electron chi connectivity index (χ3n) is 8.26. The van der Waals surface area contributed by atoms with Crippen LogP contribution in [0.3, 0.4) is 0 Å². The standard InChI is InChI=1S/C30H37N7O8S/c1-44-10-11-45-29-34-25(31)24-26(35-29)37(30(43)33-24)15-18-4-2-17(3-5-18)13-32-22(38)16-46-21-12-23(39)36(27(21)40)14-19-6-8-20(9-7-19)28(41)42/h2-5,19-21H,6-16H2,1H3,(H,32,38)(H,33,43)(H,41,42)(H2,31,34,35). The van der Waals surface area contributed by atoms with Gasteiger partial charge in [-0.05, 0) is 42.7 Å². The number of carbonyl (C=O) groups excluding carboxylic acids is 3. The molecule has 1 aliphatic heterocycles. The van der Waals surface area contributed by atoms with E-state index in [0.717, 1.165) is 22.9 Å². The molecular weight excluding hydrogens is 618 g/mol. The first-order chi connectivity index (χ1) is 22.1. The number of benzene rings is 1. The van der Waals surface area contributed by atoms with Crippen molar-refractivity contribution in [2.24, 2.45) is 11.8 Å². The number of thioether (sulfide) groups is 1. The highest BCUT2D eigenvalue weighted by Crippen LogP contribution is 2.32. The fourth-order valence-electron chi connectivity index (χ4n) is 5.66. The van der Waals surface area contributed by atoms with E-state index in [1.165, 1.54) is 9.47 Å². The summed E-state index contributed by atoms with van der Waals surface area (Å²) in [4.78, 5) is 74.2. The highest BCUT2D eigenvalue weighted by molar-refractivity contribution is 8.01. The number of H-pyrrole nitrogens is 1. The summed E-state index contributed by atoms with van der Waals surface area (Å²) in [5, 5.41) is 11.4. The molecule has 1 unspecified atom stereocenters. The molecule has 0 bridgehead atoms. The Balaban J connectivity index is 1.09. The maximum absolute atomic E-state index is 12.9. The molecule has 3 aromatic rings. The van der Waals surface area contributed by atoms with Crippen LogP contribution in [0.1, 0.15) is 43.2 Å². The molecule has 2 fully saturated rings. The quantitative estimate of drug-likeness (QED) is 0.142. The van der Waals surface area contributed by atoms with Gasteiger partial charge in [0.05, 0.1) is 30.1 Å². The van der Waals surface area contributed by atoms with Gasteiger partial charge in [-0.25, -0.2) is 4.79 Å². The van der Waals surface area contributed by atoms with Crippen molar-refractivity contribution in [1.29, 1.82) is 0 Å². The maximum atomic E-state index is 12.9. The van der Waals surface area contributed by atoms with Gasteiger partial charge in [-0.2, -0.15) is 9.97 Å². The zero-order valence-corrected chi connectivity index (χ0v) is 26.2. The number of carboxylic acid groups (broad SMARTS) is 1. The van der Waals surface area contributed by atoms with E-state index in [2.05, 4.69) is 20.3 Å². The number of methoxy groups -OCH3 is 1. The highest BCUT2D eigenvalue weighted by Gasteiger charge is 2.40. The van der Waals surface area contributed by atoms with E-state index in [9.17, 15) is 29.1 Å². The van der Waals surface area contributed by atoms with Gasteiger partial charge in [0.2, 0.25) is 17.7 Å². The third kappa shape index (κ3) is 7.85. The normalized spacial score (nSPS) is 19.9. The van der Waals surface area contributed by atoms with Crippen LogP contribution in [0.15, 0.2) is 29.1 Å². The molecule has 0 radical (unpaired) electrons. The summed E-state index contributed by atoms with van der Waals surface area (Å²) in [7, 11) is 1.54. The number of amides is 3. The fourth-order valence-corrected chi connectivity index (χ4v) is 6.64. The number of nitrogen functional groups attached to an aromatic ring is 1. The lowest BCUT2D eigenvalue weighted by Gasteiger charge is -2.28. The number of nitrogens with one attached hydrogen (secondary N) is 2. The summed E-state index contributed by atoms with van der Waals surface area (Å²) in [6, 6.07) is 7.40. The summed E-state index contributed by atoms with van der Waals surface area (Å²) in [6.45, 7) is 1.35. The van der Waals surface area contributed by atoms with Crippen LogP contribution in [0.5, 0.6) is 6.01 Å². The van der Waals surface area contributed by atoms with Crippen LogP contribution in [0, 0.1) is 11.8 Å². The number of anilines is 1.